The number of hydrogen-bond acceptors (Lipinski definition) is 3. The number of aromatic nitrogens is 3. The number of rotatable bonds is 3. The molecule has 6 nitrogen and oxygen atoms in total. The van der Waals surface area contributed by atoms with Gasteiger partial charge in [0.2, 0.25) is 0 Å². The molecule has 0 amide bonds. The van der Waals surface area contributed by atoms with Crippen LogP contribution in [0.2, 0.25) is 0 Å². The molecule has 3 rings (SSSR count). The minimum atomic E-state index is 0.725. The van der Waals surface area contributed by atoms with Crippen LogP contribution in [-0.4, -0.2) is 45.8 Å². The van der Waals surface area contributed by atoms with Crippen molar-refractivity contribution in [1.29, 1.82) is 0 Å². The Morgan fingerprint density at radius 3 is 2.60 bits per heavy atom. The number of nitrogens with zero attached hydrogens (tertiary/aromatic N) is 5. The van der Waals surface area contributed by atoms with E-state index < -0.39 is 0 Å². The number of pyridine rings is 1. The standard InChI is InChI=1S/C19H28N6/c1-14-7-9-24(10-8-14)19(20-4)22-13-17-5-6-18(21-12-17)25-16(3)11-15(2)23-25/h5-6,11-12,14H,7-10,13H2,1-4H3,(H,20,22). The number of hydrogen-bond donors (Lipinski definition) is 1. The molecule has 0 spiro atoms. The van der Waals surface area contributed by atoms with Crippen molar-refractivity contribution in [3.63, 3.8) is 0 Å². The van der Waals surface area contributed by atoms with Crippen molar-refractivity contribution in [2.75, 3.05) is 20.1 Å². The summed E-state index contributed by atoms with van der Waals surface area (Å²) < 4.78 is 1.88. The quantitative estimate of drug-likeness (QED) is 0.689. The Labute approximate surface area is 150 Å². The smallest absolute Gasteiger partial charge is 0.193 e. The van der Waals surface area contributed by atoms with Crippen molar-refractivity contribution in [2.45, 2.75) is 40.2 Å². The minimum Gasteiger partial charge on any atom is -0.352 e. The van der Waals surface area contributed by atoms with Crippen LogP contribution in [0.4, 0.5) is 0 Å². The van der Waals surface area contributed by atoms with Gasteiger partial charge in [-0.15, -0.1) is 0 Å². The molecule has 2 aromatic heterocycles. The van der Waals surface area contributed by atoms with Crippen LogP contribution in [0.5, 0.6) is 0 Å². The number of aryl methyl sites for hydroxylation is 2. The van der Waals surface area contributed by atoms with E-state index in [1.807, 2.05) is 37.8 Å². The highest BCUT2D eigenvalue weighted by Gasteiger charge is 2.18. The first kappa shape index (κ1) is 17.5. The zero-order chi connectivity index (χ0) is 17.8. The maximum Gasteiger partial charge on any atom is 0.193 e. The summed E-state index contributed by atoms with van der Waals surface area (Å²) in [7, 11) is 1.85. The van der Waals surface area contributed by atoms with Gasteiger partial charge in [-0.05, 0) is 50.3 Å². The fourth-order valence-electron chi connectivity index (χ4n) is 3.24. The van der Waals surface area contributed by atoms with Crippen molar-refractivity contribution in [2.24, 2.45) is 10.9 Å². The normalized spacial score (nSPS) is 16.3. The summed E-state index contributed by atoms with van der Waals surface area (Å²) in [4.78, 5) is 11.3. The molecule has 2 aromatic rings. The average molecular weight is 340 g/mol. The molecule has 1 saturated heterocycles. The molecule has 134 valence electrons. The SMILES string of the molecule is CN=C(NCc1ccc(-n2nc(C)cc2C)nc1)N1CCC(C)CC1. The van der Waals surface area contributed by atoms with Crippen LogP contribution in [0.25, 0.3) is 5.82 Å². The summed E-state index contributed by atoms with van der Waals surface area (Å²) >= 11 is 0. The lowest BCUT2D eigenvalue weighted by Gasteiger charge is -2.32. The first-order valence-corrected chi connectivity index (χ1v) is 9.01. The van der Waals surface area contributed by atoms with Crippen LogP contribution < -0.4 is 5.32 Å². The van der Waals surface area contributed by atoms with Crippen LogP contribution in [0.15, 0.2) is 29.4 Å². The van der Waals surface area contributed by atoms with Gasteiger partial charge in [0.1, 0.15) is 0 Å². The van der Waals surface area contributed by atoms with Gasteiger partial charge in [0.25, 0.3) is 0 Å². The second-order valence-electron chi connectivity index (χ2n) is 6.93. The van der Waals surface area contributed by atoms with Crippen molar-refractivity contribution < 1.29 is 0 Å². The van der Waals surface area contributed by atoms with Gasteiger partial charge in [0, 0.05) is 38.6 Å². The highest BCUT2D eigenvalue weighted by molar-refractivity contribution is 5.79. The van der Waals surface area contributed by atoms with Crippen molar-refractivity contribution in [1.82, 2.24) is 25.0 Å². The third-order valence-corrected chi connectivity index (χ3v) is 4.78. The number of nitrogens with one attached hydrogen (secondary N) is 1. The van der Waals surface area contributed by atoms with Gasteiger partial charge >= 0.3 is 0 Å². The van der Waals surface area contributed by atoms with Crippen LogP contribution in [-0.2, 0) is 6.54 Å². The van der Waals surface area contributed by atoms with E-state index in [1.54, 1.807) is 0 Å². The predicted molar refractivity (Wildman–Crippen MR) is 101 cm³/mol. The van der Waals surface area contributed by atoms with E-state index in [0.717, 1.165) is 54.3 Å². The van der Waals surface area contributed by atoms with Gasteiger partial charge in [-0.1, -0.05) is 13.0 Å². The van der Waals surface area contributed by atoms with E-state index in [2.05, 4.69) is 44.3 Å². The van der Waals surface area contributed by atoms with Crippen LogP contribution in [0.1, 0.15) is 36.7 Å². The summed E-state index contributed by atoms with van der Waals surface area (Å²) in [5.74, 6) is 2.65. The van der Waals surface area contributed by atoms with Gasteiger partial charge in [0.15, 0.2) is 11.8 Å². The number of aliphatic imine (C=N–C) groups is 1. The molecule has 6 heteroatoms. The van der Waals surface area contributed by atoms with Gasteiger partial charge in [-0.25, -0.2) is 9.67 Å². The fourth-order valence-corrected chi connectivity index (χ4v) is 3.24. The first-order chi connectivity index (χ1) is 12.1. The Balaban J connectivity index is 1.60. The van der Waals surface area contributed by atoms with Gasteiger partial charge in [-0.2, -0.15) is 5.10 Å². The highest BCUT2D eigenvalue weighted by Crippen LogP contribution is 2.16. The van der Waals surface area contributed by atoms with E-state index in [1.165, 1.54) is 12.8 Å². The van der Waals surface area contributed by atoms with E-state index >= 15 is 0 Å². The molecule has 0 radical (unpaired) electrons. The molecule has 1 fully saturated rings. The predicted octanol–water partition coefficient (Wildman–Crippen LogP) is 2.69. The molecule has 3 heterocycles. The topological polar surface area (TPSA) is 58.3 Å². The van der Waals surface area contributed by atoms with Crippen molar-refractivity contribution in [3.05, 3.63) is 41.3 Å². The van der Waals surface area contributed by atoms with Crippen molar-refractivity contribution in [3.8, 4) is 5.82 Å². The molecule has 1 aliphatic heterocycles. The molecule has 25 heavy (non-hydrogen) atoms. The summed E-state index contributed by atoms with van der Waals surface area (Å²) in [5, 5.41) is 7.94. The van der Waals surface area contributed by atoms with Gasteiger partial charge in [0.05, 0.1) is 5.69 Å². The Kier molecular flexibility index (Phi) is 5.36. The number of likely N-dealkylation sites (tertiary alicyclic amines) is 1. The van der Waals surface area contributed by atoms with E-state index in [4.69, 9.17) is 0 Å². The third-order valence-electron chi connectivity index (χ3n) is 4.78. The molecule has 0 aromatic carbocycles. The minimum absolute atomic E-state index is 0.725. The van der Waals surface area contributed by atoms with Gasteiger partial charge < -0.3 is 10.2 Å². The lowest BCUT2D eigenvalue weighted by atomic mass is 10.00. The Morgan fingerprint density at radius 2 is 2.04 bits per heavy atom. The van der Waals surface area contributed by atoms with Gasteiger partial charge in [-0.3, -0.25) is 4.99 Å². The zero-order valence-electron chi connectivity index (χ0n) is 15.7. The summed E-state index contributed by atoms with van der Waals surface area (Å²) in [6.07, 6.45) is 4.38. The molecule has 0 aliphatic carbocycles. The zero-order valence-corrected chi connectivity index (χ0v) is 15.7. The molecule has 0 unspecified atom stereocenters. The van der Waals surface area contributed by atoms with Crippen molar-refractivity contribution >= 4 is 5.96 Å². The second kappa shape index (κ2) is 7.68. The van der Waals surface area contributed by atoms with E-state index in [9.17, 15) is 0 Å². The molecular weight excluding hydrogens is 312 g/mol. The molecule has 0 bridgehead atoms. The molecule has 1 aliphatic rings. The summed E-state index contributed by atoms with van der Waals surface area (Å²) in [6.45, 7) is 9.24. The Hall–Kier alpha value is -2.37. The Morgan fingerprint density at radius 1 is 1.28 bits per heavy atom. The summed E-state index contributed by atoms with van der Waals surface area (Å²) in [5.41, 5.74) is 3.23. The third kappa shape index (κ3) is 4.18. The maximum absolute atomic E-state index is 4.56. The lowest BCUT2D eigenvalue weighted by Crippen LogP contribution is -2.45. The molecule has 0 saturated carbocycles. The monoisotopic (exact) mass is 340 g/mol. The fraction of sp³-hybridized carbons (Fsp3) is 0.526. The molecule has 1 N–H and O–H groups in total. The highest BCUT2D eigenvalue weighted by atomic mass is 15.3. The lowest BCUT2D eigenvalue weighted by molar-refractivity contribution is 0.273. The largest absolute Gasteiger partial charge is 0.352 e. The molecular formula is C19H28N6. The number of piperidine rings is 1. The average Bonchev–Trinajstić information content (AvgIpc) is 2.96. The summed E-state index contributed by atoms with van der Waals surface area (Å²) in [6, 6.07) is 6.17. The first-order valence-electron chi connectivity index (χ1n) is 9.01. The van der Waals surface area contributed by atoms with E-state index in [-0.39, 0.29) is 0 Å². The van der Waals surface area contributed by atoms with E-state index in [0.29, 0.717) is 0 Å². The maximum atomic E-state index is 4.56. The van der Waals surface area contributed by atoms with Crippen LogP contribution in [0, 0.1) is 19.8 Å². The molecule has 0 atom stereocenters. The number of guanidine groups is 1. The van der Waals surface area contributed by atoms with Crippen LogP contribution in [0.3, 0.4) is 0 Å². The second-order valence-corrected chi connectivity index (χ2v) is 6.93. The Bertz CT molecular complexity index is 723. The van der Waals surface area contributed by atoms with Crippen LogP contribution >= 0.6 is 0 Å².